The van der Waals surface area contributed by atoms with Crippen molar-refractivity contribution in [3.8, 4) is 0 Å². The number of nitrogens with one attached hydrogen (secondary N) is 2. The lowest BCUT2D eigenvalue weighted by Crippen LogP contribution is -2.37. The summed E-state index contributed by atoms with van der Waals surface area (Å²) in [7, 11) is -3.64. The van der Waals surface area contributed by atoms with Crippen LogP contribution in [0.3, 0.4) is 0 Å². The Morgan fingerprint density at radius 3 is 2.55 bits per heavy atom. The molecule has 0 aliphatic heterocycles. The van der Waals surface area contributed by atoms with E-state index in [1.54, 1.807) is 0 Å². The topological polar surface area (TPSA) is 99.3 Å². The molecule has 0 saturated heterocycles. The van der Waals surface area contributed by atoms with E-state index >= 15 is 0 Å². The third-order valence-electron chi connectivity index (χ3n) is 3.94. The molecule has 6 nitrogen and oxygen atoms in total. The minimum atomic E-state index is -3.64. The zero-order valence-corrected chi connectivity index (χ0v) is 12.2. The van der Waals surface area contributed by atoms with E-state index < -0.39 is 16.0 Å². The van der Waals surface area contributed by atoms with Crippen molar-refractivity contribution in [2.24, 2.45) is 5.92 Å². The van der Waals surface area contributed by atoms with Crippen LogP contribution in [-0.2, 0) is 10.0 Å². The molecular formula is C13H20N2O4S. The van der Waals surface area contributed by atoms with E-state index in [0.29, 0.717) is 5.92 Å². The van der Waals surface area contributed by atoms with Crippen molar-refractivity contribution in [3.05, 3.63) is 18.0 Å². The maximum Gasteiger partial charge on any atom is 0.352 e. The van der Waals surface area contributed by atoms with Gasteiger partial charge in [-0.05, 0) is 37.7 Å². The first kappa shape index (κ1) is 15.1. The molecular weight excluding hydrogens is 280 g/mol. The summed E-state index contributed by atoms with van der Waals surface area (Å²) in [4.78, 5) is 13.2. The van der Waals surface area contributed by atoms with Crippen LogP contribution in [0.4, 0.5) is 0 Å². The summed E-state index contributed by atoms with van der Waals surface area (Å²) in [5.41, 5.74) is -0.125. The second-order valence-corrected chi connectivity index (χ2v) is 7.02. The van der Waals surface area contributed by atoms with Crippen LogP contribution in [0.15, 0.2) is 17.2 Å². The zero-order chi connectivity index (χ0) is 14.8. The number of rotatable bonds is 5. The lowest BCUT2D eigenvalue weighted by molar-refractivity contribution is 0.0691. The third-order valence-corrected chi connectivity index (χ3v) is 5.44. The van der Waals surface area contributed by atoms with E-state index in [0.717, 1.165) is 38.2 Å². The minimum Gasteiger partial charge on any atom is -0.477 e. The number of H-pyrrole nitrogens is 1. The first-order chi connectivity index (χ1) is 9.42. The Hall–Kier alpha value is -1.34. The van der Waals surface area contributed by atoms with Crippen molar-refractivity contribution >= 4 is 16.0 Å². The third kappa shape index (κ3) is 3.40. The first-order valence-corrected chi connectivity index (χ1v) is 8.34. The predicted molar refractivity (Wildman–Crippen MR) is 74.1 cm³/mol. The highest BCUT2D eigenvalue weighted by Gasteiger charge is 2.26. The van der Waals surface area contributed by atoms with E-state index in [2.05, 4.69) is 16.6 Å². The Bertz CT molecular complexity index is 571. The van der Waals surface area contributed by atoms with Crippen LogP contribution in [0.5, 0.6) is 0 Å². The van der Waals surface area contributed by atoms with Crippen LogP contribution >= 0.6 is 0 Å². The summed E-state index contributed by atoms with van der Waals surface area (Å²) in [6, 6.07) is 1.09. The van der Waals surface area contributed by atoms with Gasteiger partial charge in [-0.1, -0.05) is 13.3 Å². The van der Waals surface area contributed by atoms with Crippen LogP contribution < -0.4 is 4.72 Å². The van der Waals surface area contributed by atoms with Crippen molar-refractivity contribution in [2.75, 3.05) is 0 Å². The van der Waals surface area contributed by atoms with E-state index in [9.17, 15) is 13.2 Å². The molecule has 0 atom stereocenters. The van der Waals surface area contributed by atoms with Gasteiger partial charge in [-0.2, -0.15) is 0 Å². The molecule has 0 amide bonds. The molecule has 1 aromatic rings. The number of hydrogen-bond donors (Lipinski definition) is 3. The van der Waals surface area contributed by atoms with Gasteiger partial charge in [0.15, 0.2) is 0 Å². The van der Waals surface area contributed by atoms with Gasteiger partial charge in [0.25, 0.3) is 0 Å². The average molecular weight is 300 g/mol. The molecule has 1 aromatic heterocycles. The lowest BCUT2D eigenvalue weighted by atomic mass is 9.85. The fourth-order valence-electron chi connectivity index (χ4n) is 2.63. The Labute approximate surface area is 118 Å². The molecule has 3 N–H and O–H groups in total. The highest BCUT2D eigenvalue weighted by atomic mass is 32.2. The monoisotopic (exact) mass is 300 g/mol. The van der Waals surface area contributed by atoms with Crippen LogP contribution in [0.25, 0.3) is 0 Å². The summed E-state index contributed by atoms with van der Waals surface area (Å²) in [5, 5.41) is 8.80. The number of carboxylic acids is 1. The SMILES string of the molecule is CCC1CCC(NS(=O)(=O)c2c[nH]c(C(=O)O)c2)CC1. The van der Waals surface area contributed by atoms with Gasteiger partial charge in [0.1, 0.15) is 10.6 Å². The second-order valence-electron chi connectivity index (χ2n) is 5.30. The van der Waals surface area contributed by atoms with Crippen molar-refractivity contribution in [1.82, 2.24) is 9.71 Å². The number of aromatic carboxylic acids is 1. The van der Waals surface area contributed by atoms with Gasteiger partial charge in [-0.3, -0.25) is 0 Å². The average Bonchev–Trinajstić information content (AvgIpc) is 2.90. The van der Waals surface area contributed by atoms with Crippen molar-refractivity contribution in [2.45, 2.75) is 50.0 Å². The van der Waals surface area contributed by atoms with Crippen molar-refractivity contribution < 1.29 is 18.3 Å². The van der Waals surface area contributed by atoms with E-state index in [1.807, 2.05) is 0 Å². The standard InChI is InChI=1S/C13H20N2O4S/c1-2-9-3-5-10(6-4-9)15-20(18,19)11-7-12(13(16)17)14-8-11/h7-10,14-15H,2-6H2,1H3,(H,16,17). The van der Waals surface area contributed by atoms with Crippen LogP contribution in [0.1, 0.15) is 49.5 Å². The molecule has 0 radical (unpaired) electrons. The molecule has 0 aromatic carbocycles. The molecule has 112 valence electrons. The smallest absolute Gasteiger partial charge is 0.352 e. The van der Waals surface area contributed by atoms with Gasteiger partial charge in [-0.15, -0.1) is 0 Å². The largest absolute Gasteiger partial charge is 0.477 e. The van der Waals surface area contributed by atoms with E-state index in [4.69, 9.17) is 5.11 Å². The first-order valence-electron chi connectivity index (χ1n) is 6.86. The molecule has 1 aliphatic carbocycles. The molecule has 0 bridgehead atoms. The van der Waals surface area contributed by atoms with Gasteiger partial charge in [0.05, 0.1) is 0 Å². The molecule has 1 heterocycles. The van der Waals surface area contributed by atoms with Gasteiger partial charge in [0, 0.05) is 12.2 Å². The minimum absolute atomic E-state index is 0.0208. The molecule has 20 heavy (non-hydrogen) atoms. The molecule has 1 aliphatic rings. The molecule has 1 saturated carbocycles. The fraction of sp³-hybridized carbons (Fsp3) is 0.615. The second kappa shape index (κ2) is 5.97. The predicted octanol–water partition coefficient (Wildman–Crippen LogP) is 1.96. The number of carboxylic acid groups (broad SMARTS) is 1. The molecule has 0 unspecified atom stereocenters. The van der Waals surface area contributed by atoms with Crippen molar-refractivity contribution in [1.29, 1.82) is 0 Å². The number of sulfonamides is 1. The molecule has 0 spiro atoms. The summed E-state index contributed by atoms with van der Waals surface area (Å²) >= 11 is 0. The van der Waals surface area contributed by atoms with E-state index in [1.165, 1.54) is 6.20 Å². The van der Waals surface area contributed by atoms with Crippen molar-refractivity contribution in [3.63, 3.8) is 0 Å². The summed E-state index contributed by atoms with van der Waals surface area (Å²) in [6.45, 7) is 2.16. The van der Waals surface area contributed by atoms with Gasteiger partial charge >= 0.3 is 5.97 Å². The van der Waals surface area contributed by atoms with E-state index in [-0.39, 0.29) is 16.6 Å². The number of aromatic amines is 1. The number of carbonyl (C=O) groups is 1. The molecule has 7 heteroatoms. The van der Waals surface area contributed by atoms with Gasteiger partial charge in [0.2, 0.25) is 10.0 Å². The maximum atomic E-state index is 12.2. The maximum absolute atomic E-state index is 12.2. The van der Waals surface area contributed by atoms with Gasteiger partial charge in [-0.25, -0.2) is 17.9 Å². The Kier molecular flexibility index (Phi) is 4.49. The summed E-state index contributed by atoms with van der Waals surface area (Å²) in [6.07, 6.45) is 6.11. The Morgan fingerprint density at radius 2 is 2.05 bits per heavy atom. The summed E-state index contributed by atoms with van der Waals surface area (Å²) < 4.78 is 27.0. The quantitative estimate of drug-likeness (QED) is 0.774. The Morgan fingerprint density at radius 1 is 1.40 bits per heavy atom. The van der Waals surface area contributed by atoms with Crippen LogP contribution in [-0.4, -0.2) is 30.5 Å². The number of aromatic nitrogens is 1. The van der Waals surface area contributed by atoms with Crippen LogP contribution in [0, 0.1) is 5.92 Å². The fourth-order valence-corrected chi connectivity index (χ4v) is 3.93. The normalized spacial score (nSPS) is 23.6. The summed E-state index contributed by atoms with van der Waals surface area (Å²) in [5.74, 6) is -0.475. The molecule has 1 fully saturated rings. The number of hydrogen-bond acceptors (Lipinski definition) is 3. The Balaban J connectivity index is 2.02. The van der Waals surface area contributed by atoms with Crippen LogP contribution in [0.2, 0.25) is 0 Å². The highest BCUT2D eigenvalue weighted by molar-refractivity contribution is 7.89. The zero-order valence-electron chi connectivity index (χ0n) is 11.4. The van der Waals surface area contributed by atoms with Gasteiger partial charge < -0.3 is 10.1 Å². The lowest BCUT2D eigenvalue weighted by Gasteiger charge is -2.28. The molecule has 2 rings (SSSR count). The highest BCUT2D eigenvalue weighted by Crippen LogP contribution is 2.27.